The zero-order chi connectivity index (χ0) is 19.0. The normalized spacial score (nSPS) is 19.2. The van der Waals surface area contributed by atoms with Gasteiger partial charge in [-0.05, 0) is 51.3 Å². The smallest absolute Gasteiger partial charge is 0.00921 e. The highest BCUT2D eigenvalue weighted by molar-refractivity contribution is 7.64. The van der Waals surface area contributed by atoms with E-state index in [1.54, 1.807) is 0 Å². The lowest BCUT2D eigenvalue weighted by atomic mass is 9.99. The summed E-state index contributed by atoms with van der Waals surface area (Å²) in [6.07, 6.45) is 30.4. The van der Waals surface area contributed by atoms with Crippen LogP contribution in [0, 0.1) is 11.6 Å². The van der Waals surface area contributed by atoms with Crippen molar-refractivity contribution >= 4 is 7.92 Å². The molecule has 0 aliphatic heterocycles. The van der Waals surface area contributed by atoms with Crippen molar-refractivity contribution in [3.8, 4) is 11.6 Å². The van der Waals surface area contributed by atoms with Gasteiger partial charge in [-0.3, -0.25) is 0 Å². The summed E-state index contributed by atoms with van der Waals surface area (Å²) in [7, 11) is 0.00403. The van der Waals surface area contributed by atoms with Gasteiger partial charge in [-0.2, -0.15) is 0 Å². The van der Waals surface area contributed by atoms with E-state index in [0.717, 1.165) is 11.3 Å². The summed E-state index contributed by atoms with van der Waals surface area (Å²) in [6.45, 7) is 2.30. The predicted octanol–water partition coefficient (Wildman–Crippen LogP) is 9.41. The molecule has 2 aliphatic rings. The zero-order valence-electron chi connectivity index (χ0n) is 18.5. The van der Waals surface area contributed by atoms with Crippen molar-refractivity contribution in [1.29, 1.82) is 0 Å². The Morgan fingerprint density at radius 2 is 1.04 bits per heavy atom. The molecule has 2 rings (SSSR count). The second-order valence-electron chi connectivity index (χ2n) is 9.21. The molecule has 0 heterocycles. The molecule has 27 heavy (non-hydrogen) atoms. The Balaban J connectivity index is 1.59. The third-order valence-electron chi connectivity index (χ3n) is 6.80. The van der Waals surface area contributed by atoms with Gasteiger partial charge in [0.15, 0.2) is 0 Å². The SMILES string of the molecule is CCCCCCCCCCCCC#CP(C1CCCCC1)C1CCCCC1. The Bertz CT molecular complexity index is 374. The van der Waals surface area contributed by atoms with Crippen molar-refractivity contribution < 1.29 is 0 Å². The van der Waals surface area contributed by atoms with E-state index in [9.17, 15) is 0 Å². The highest BCUT2D eigenvalue weighted by Crippen LogP contribution is 2.54. The number of rotatable bonds is 12. The van der Waals surface area contributed by atoms with E-state index in [1.165, 1.54) is 135 Å². The van der Waals surface area contributed by atoms with Crippen LogP contribution in [0.2, 0.25) is 0 Å². The van der Waals surface area contributed by atoms with E-state index in [2.05, 4.69) is 18.5 Å². The van der Waals surface area contributed by atoms with Crippen molar-refractivity contribution in [2.24, 2.45) is 0 Å². The summed E-state index contributed by atoms with van der Waals surface area (Å²) < 4.78 is 0. The second-order valence-corrected chi connectivity index (χ2v) is 11.7. The first kappa shape index (κ1) is 23.3. The molecular formula is C26H47P. The Morgan fingerprint density at radius 1 is 0.593 bits per heavy atom. The van der Waals surface area contributed by atoms with Crippen molar-refractivity contribution in [3.63, 3.8) is 0 Å². The summed E-state index contributed by atoms with van der Waals surface area (Å²) in [6, 6.07) is 0. The van der Waals surface area contributed by atoms with Gasteiger partial charge in [0.2, 0.25) is 0 Å². The van der Waals surface area contributed by atoms with Gasteiger partial charge in [0.05, 0.1) is 0 Å². The van der Waals surface area contributed by atoms with Crippen molar-refractivity contribution in [1.82, 2.24) is 0 Å². The van der Waals surface area contributed by atoms with E-state index in [4.69, 9.17) is 0 Å². The zero-order valence-corrected chi connectivity index (χ0v) is 19.3. The molecule has 0 aromatic rings. The maximum absolute atomic E-state index is 3.90. The molecular weight excluding hydrogens is 343 g/mol. The van der Waals surface area contributed by atoms with E-state index in [1.807, 2.05) is 0 Å². The summed E-state index contributed by atoms with van der Waals surface area (Å²) in [5.74, 6) is 3.68. The highest BCUT2D eigenvalue weighted by Gasteiger charge is 2.29. The topological polar surface area (TPSA) is 0 Å². The third-order valence-corrected chi connectivity index (χ3v) is 9.82. The van der Waals surface area contributed by atoms with Crippen LogP contribution in [0.3, 0.4) is 0 Å². The lowest BCUT2D eigenvalue weighted by Gasteiger charge is -2.35. The molecule has 0 unspecified atom stereocenters. The van der Waals surface area contributed by atoms with E-state index in [0.29, 0.717) is 0 Å². The minimum absolute atomic E-state index is 0.00403. The first-order valence-electron chi connectivity index (χ1n) is 12.7. The van der Waals surface area contributed by atoms with Crippen LogP contribution in [-0.2, 0) is 0 Å². The number of unbranched alkanes of at least 4 members (excludes halogenated alkanes) is 10. The molecule has 0 atom stereocenters. The fourth-order valence-electron chi connectivity index (χ4n) is 5.05. The Kier molecular flexibility index (Phi) is 13.7. The summed E-state index contributed by atoms with van der Waals surface area (Å²) in [5, 5.41) is 0. The molecule has 1 heteroatoms. The van der Waals surface area contributed by atoms with Gasteiger partial charge in [0.25, 0.3) is 0 Å². The minimum Gasteiger partial charge on any atom is -0.0987 e. The molecule has 0 N–H and O–H groups in total. The first-order chi connectivity index (χ1) is 13.4. The largest absolute Gasteiger partial charge is 0.0987 e. The van der Waals surface area contributed by atoms with Crippen molar-refractivity contribution in [2.45, 2.75) is 153 Å². The van der Waals surface area contributed by atoms with E-state index < -0.39 is 0 Å². The molecule has 2 saturated carbocycles. The average molecular weight is 391 g/mol. The van der Waals surface area contributed by atoms with Crippen LogP contribution in [0.5, 0.6) is 0 Å². The molecule has 0 nitrogen and oxygen atoms in total. The maximum Gasteiger partial charge on any atom is 0.00921 e. The van der Waals surface area contributed by atoms with Gasteiger partial charge in [-0.15, -0.1) is 0 Å². The van der Waals surface area contributed by atoms with Gasteiger partial charge in [-0.1, -0.05) is 115 Å². The molecule has 156 valence electrons. The summed E-state index contributed by atoms with van der Waals surface area (Å²) in [4.78, 5) is 0. The van der Waals surface area contributed by atoms with Gasteiger partial charge in [-0.25, -0.2) is 0 Å². The Hall–Kier alpha value is -0.0100. The van der Waals surface area contributed by atoms with Crippen LogP contribution in [0.4, 0.5) is 0 Å². The van der Waals surface area contributed by atoms with Crippen LogP contribution >= 0.6 is 7.92 Å². The number of hydrogen-bond acceptors (Lipinski definition) is 0. The molecule has 0 bridgehead atoms. The van der Waals surface area contributed by atoms with Gasteiger partial charge < -0.3 is 0 Å². The predicted molar refractivity (Wildman–Crippen MR) is 125 cm³/mol. The van der Waals surface area contributed by atoms with Crippen LogP contribution in [-0.4, -0.2) is 11.3 Å². The molecule has 0 saturated heterocycles. The van der Waals surface area contributed by atoms with Crippen LogP contribution in [0.1, 0.15) is 142 Å². The monoisotopic (exact) mass is 390 g/mol. The Labute approximate surface area is 172 Å². The molecule has 0 aromatic heterocycles. The lowest BCUT2D eigenvalue weighted by Crippen LogP contribution is -2.19. The highest BCUT2D eigenvalue weighted by atomic mass is 31.1. The molecule has 0 radical (unpaired) electrons. The van der Waals surface area contributed by atoms with Crippen LogP contribution in [0.15, 0.2) is 0 Å². The quantitative estimate of drug-likeness (QED) is 0.177. The second kappa shape index (κ2) is 15.9. The standard InChI is InChI=1S/C26H47P/c1-2-3-4-5-6-7-8-9-10-11-12-19-24-27(25-20-15-13-16-21-25)26-22-17-14-18-23-26/h25-26H,2-18,20-23H2,1H3. The van der Waals surface area contributed by atoms with E-state index >= 15 is 0 Å². The van der Waals surface area contributed by atoms with Crippen molar-refractivity contribution in [2.75, 3.05) is 0 Å². The molecule has 2 aliphatic carbocycles. The summed E-state index contributed by atoms with van der Waals surface area (Å²) in [5.41, 5.74) is 5.90. The molecule has 0 aromatic carbocycles. The van der Waals surface area contributed by atoms with Crippen LogP contribution in [0.25, 0.3) is 0 Å². The number of hydrogen-bond donors (Lipinski definition) is 0. The summed E-state index contributed by atoms with van der Waals surface area (Å²) >= 11 is 0. The lowest BCUT2D eigenvalue weighted by molar-refractivity contribution is 0.487. The Morgan fingerprint density at radius 3 is 1.52 bits per heavy atom. The molecule has 0 spiro atoms. The van der Waals surface area contributed by atoms with Crippen molar-refractivity contribution in [3.05, 3.63) is 0 Å². The fourth-order valence-corrected chi connectivity index (χ4v) is 8.15. The molecule has 2 fully saturated rings. The van der Waals surface area contributed by atoms with Gasteiger partial charge in [0, 0.05) is 6.42 Å². The van der Waals surface area contributed by atoms with Crippen LogP contribution < -0.4 is 0 Å². The average Bonchev–Trinajstić information content (AvgIpc) is 2.73. The minimum atomic E-state index is 0.00403. The van der Waals surface area contributed by atoms with Gasteiger partial charge >= 0.3 is 0 Å². The molecule has 0 amide bonds. The maximum atomic E-state index is 3.90. The third kappa shape index (κ3) is 10.4. The fraction of sp³-hybridized carbons (Fsp3) is 0.923. The van der Waals surface area contributed by atoms with E-state index in [-0.39, 0.29) is 7.92 Å². The first-order valence-corrected chi connectivity index (χ1v) is 14.2. The van der Waals surface area contributed by atoms with Gasteiger partial charge in [0.1, 0.15) is 0 Å².